The summed E-state index contributed by atoms with van der Waals surface area (Å²) < 4.78 is 0. The molecule has 0 unspecified atom stereocenters. The highest BCUT2D eigenvalue weighted by Gasteiger charge is 2.10. The van der Waals surface area contributed by atoms with Gasteiger partial charge in [-0.05, 0) is 14.1 Å². The fraction of sp³-hybridized carbons (Fsp3) is 1.00. The van der Waals surface area contributed by atoms with Crippen molar-refractivity contribution in [3.8, 4) is 0 Å². The lowest BCUT2D eigenvalue weighted by Crippen LogP contribution is -2.49. The fourth-order valence-corrected chi connectivity index (χ4v) is 1.03. The molecule has 1 N–H and O–H groups in total. The molecule has 0 spiro atoms. The highest BCUT2D eigenvalue weighted by atomic mass is 15.5. The summed E-state index contributed by atoms with van der Waals surface area (Å²) in [6.45, 7) is 4.65. The van der Waals surface area contributed by atoms with Crippen LogP contribution in [0.15, 0.2) is 0 Å². The van der Waals surface area contributed by atoms with Gasteiger partial charge in [-0.2, -0.15) is 0 Å². The minimum atomic E-state index is 1.15. The molecule has 0 radical (unpaired) electrons. The normalized spacial score (nSPS) is 24.7. The molecular formula is C6H15N3. The van der Waals surface area contributed by atoms with Crippen LogP contribution >= 0.6 is 0 Å². The Balaban J connectivity index is 2.18. The van der Waals surface area contributed by atoms with Crippen LogP contribution in [0.3, 0.4) is 0 Å². The van der Waals surface area contributed by atoms with E-state index in [-0.39, 0.29) is 0 Å². The standard InChI is InChI=1S/C6H15N3/c1-7-9-5-3-8(2)4-6-9/h7H,3-6H2,1-2H3. The predicted molar refractivity (Wildman–Crippen MR) is 38.1 cm³/mol. The minimum Gasteiger partial charge on any atom is -0.304 e. The molecule has 0 aromatic heterocycles. The van der Waals surface area contributed by atoms with Crippen molar-refractivity contribution >= 4 is 0 Å². The first kappa shape index (κ1) is 6.99. The number of nitrogens with zero attached hydrogens (tertiary/aromatic N) is 2. The van der Waals surface area contributed by atoms with E-state index < -0.39 is 0 Å². The summed E-state index contributed by atoms with van der Waals surface area (Å²) in [7, 11) is 4.14. The number of hydrogen-bond acceptors (Lipinski definition) is 3. The largest absolute Gasteiger partial charge is 0.304 e. The molecule has 1 saturated heterocycles. The van der Waals surface area contributed by atoms with Crippen LogP contribution in [-0.2, 0) is 0 Å². The zero-order valence-corrected chi connectivity index (χ0v) is 6.22. The van der Waals surface area contributed by atoms with Crippen molar-refractivity contribution in [3.05, 3.63) is 0 Å². The topological polar surface area (TPSA) is 18.5 Å². The molecule has 1 heterocycles. The lowest BCUT2D eigenvalue weighted by molar-refractivity contribution is 0.115. The first-order valence-corrected chi connectivity index (χ1v) is 3.44. The van der Waals surface area contributed by atoms with E-state index in [4.69, 9.17) is 0 Å². The summed E-state index contributed by atoms with van der Waals surface area (Å²) in [5.41, 5.74) is 3.13. The molecule has 9 heavy (non-hydrogen) atoms. The zero-order valence-electron chi connectivity index (χ0n) is 6.22. The van der Waals surface area contributed by atoms with Gasteiger partial charge in [-0.1, -0.05) is 0 Å². The van der Waals surface area contributed by atoms with Crippen LogP contribution in [0.1, 0.15) is 0 Å². The number of hydrazine groups is 1. The van der Waals surface area contributed by atoms with Crippen LogP contribution in [0.5, 0.6) is 0 Å². The maximum Gasteiger partial charge on any atom is 0.0259 e. The Morgan fingerprint density at radius 1 is 1.11 bits per heavy atom. The molecule has 0 saturated carbocycles. The van der Waals surface area contributed by atoms with E-state index in [1.165, 1.54) is 13.1 Å². The van der Waals surface area contributed by atoms with E-state index in [0.29, 0.717) is 0 Å². The van der Waals surface area contributed by atoms with Gasteiger partial charge >= 0.3 is 0 Å². The van der Waals surface area contributed by atoms with E-state index in [0.717, 1.165) is 13.1 Å². The van der Waals surface area contributed by atoms with Crippen molar-refractivity contribution in [1.82, 2.24) is 15.3 Å². The molecule has 0 aromatic rings. The van der Waals surface area contributed by atoms with E-state index in [1.54, 1.807) is 0 Å². The minimum absolute atomic E-state index is 1.15. The van der Waals surface area contributed by atoms with Gasteiger partial charge in [0.05, 0.1) is 0 Å². The Bertz CT molecular complexity index is 76.4. The van der Waals surface area contributed by atoms with Gasteiger partial charge in [0.15, 0.2) is 0 Å². The van der Waals surface area contributed by atoms with E-state index in [2.05, 4.69) is 22.4 Å². The Morgan fingerprint density at radius 3 is 2.11 bits per heavy atom. The second-order valence-electron chi connectivity index (χ2n) is 2.51. The monoisotopic (exact) mass is 129 g/mol. The number of hydrogen-bond donors (Lipinski definition) is 1. The Kier molecular flexibility index (Phi) is 2.45. The average molecular weight is 129 g/mol. The summed E-state index contributed by atoms with van der Waals surface area (Å²) in [6.07, 6.45) is 0. The first-order chi connectivity index (χ1) is 4.33. The summed E-state index contributed by atoms with van der Waals surface area (Å²) in [5.74, 6) is 0. The van der Waals surface area contributed by atoms with E-state index in [9.17, 15) is 0 Å². The third kappa shape index (κ3) is 1.93. The van der Waals surface area contributed by atoms with Gasteiger partial charge in [0.1, 0.15) is 0 Å². The molecule has 3 nitrogen and oxygen atoms in total. The van der Waals surface area contributed by atoms with Crippen LogP contribution in [0, 0.1) is 0 Å². The van der Waals surface area contributed by atoms with Crippen molar-refractivity contribution in [2.45, 2.75) is 0 Å². The third-order valence-corrected chi connectivity index (χ3v) is 1.82. The molecular weight excluding hydrogens is 114 g/mol. The summed E-state index contributed by atoms with van der Waals surface area (Å²) in [6, 6.07) is 0. The molecule has 0 atom stereocenters. The fourth-order valence-electron chi connectivity index (χ4n) is 1.03. The average Bonchev–Trinajstić information content (AvgIpc) is 1.90. The van der Waals surface area contributed by atoms with E-state index in [1.807, 2.05) is 7.05 Å². The lowest BCUT2D eigenvalue weighted by Gasteiger charge is -2.31. The van der Waals surface area contributed by atoms with Crippen LogP contribution < -0.4 is 5.43 Å². The molecule has 1 fully saturated rings. The van der Waals surface area contributed by atoms with Crippen LogP contribution in [0.4, 0.5) is 0 Å². The second kappa shape index (κ2) is 3.15. The van der Waals surface area contributed by atoms with Gasteiger partial charge in [0, 0.05) is 26.2 Å². The van der Waals surface area contributed by atoms with Gasteiger partial charge in [0.25, 0.3) is 0 Å². The van der Waals surface area contributed by atoms with Crippen molar-refractivity contribution in [3.63, 3.8) is 0 Å². The molecule has 3 heteroatoms. The highest BCUT2D eigenvalue weighted by molar-refractivity contribution is 4.64. The Labute approximate surface area is 56.6 Å². The Morgan fingerprint density at radius 2 is 1.67 bits per heavy atom. The SMILES string of the molecule is CNN1CCN(C)CC1. The molecule has 1 aliphatic heterocycles. The summed E-state index contributed by atoms with van der Waals surface area (Å²) >= 11 is 0. The van der Waals surface area contributed by atoms with Crippen molar-refractivity contribution < 1.29 is 0 Å². The molecule has 0 aromatic carbocycles. The van der Waals surface area contributed by atoms with Gasteiger partial charge < -0.3 is 4.90 Å². The number of piperazine rings is 1. The van der Waals surface area contributed by atoms with Crippen molar-refractivity contribution in [2.75, 3.05) is 40.3 Å². The predicted octanol–water partition coefficient (Wildman–Crippen LogP) is -0.632. The van der Waals surface area contributed by atoms with Gasteiger partial charge in [-0.15, -0.1) is 0 Å². The maximum absolute atomic E-state index is 3.13. The Hall–Kier alpha value is -0.120. The van der Waals surface area contributed by atoms with Crippen molar-refractivity contribution in [2.24, 2.45) is 0 Å². The summed E-state index contributed by atoms with van der Waals surface area (Å²) in [4.78, 5) is 2.34. The molecule has 0 bridgehead atoms. The van der Waals surface area contributed by atoms with E-state index >= 15 is 0 Å². The van der Waals surface area contributed by atoms with Crippen LogP contribution in [0.25, 0.3) is 0 Å². The quantitative estimate of drug-likeness (QED) is 0.508. The second-order valence-corrected chi connectivity index (χ2v) is 2.51. The number of rotatable bonds is 1. The summed E-state index contributed by atoms with van der Waals surface area (Å²) in [5, 5.41) is 2.24. The first-order valence-electron chi connectivity index (χ1n) is 3.44. The number of likely N-dealkylation sites (N-methyl/N-ethyl adjacent to an activating group) is 1. The molecule has 1 aliphatic rings. The molecule has 54 valence electrons. The van der Waals surface area contributed by atoms with Gasteiger partial charge in [0.2, 0.25) is 0 Å². The third-order valence-electron chi connectivity index (χ3n) is 1.82. The molecule has 1 rings (SSSR count). The lowest BCUT2D eigenvalue weighted by atomic mass is 10.4. The molecule has 0 amide bonds. The van der Waals surface area contributed by atoms with Crippen molar-refractivity contribution in [1.29, 1.82) is 0 Å². The highest BCUT2D eigenvalue weighted by Crippen LogP contribution is 1.93. The van der Waals surface area contributed by atoms with Gasteiger partial charge in [-0.3, -0.25) is 5.43 Å². The van der Waals surface area contributed by atoms with Crippen LogP contribution in [-0.4, -0.2) is 50.2 Å². The maximum atomic E-state index is 3.13. The zero-order chi connectivity index (χ0) is 6.69. The smallest absolute Gasteiger partial charge is 0.0259 e. The molecule has 0 aliphatic carbocycles. The number of nitrogens with one attached hydrogen (secondary N) is 1. The van der Waals surface area contributed by atoms with Gasteiger partial charge in [-0.25, -0.2) is 5.01 Å². The van der Waals surface area contributed by atoms with Crippen LogP contribution in [0.2, 0.25) is 0 Å².